The molecule has 0 spiro atoms. The summed E-state index contributed by atoms with van der Waals surface area (Å²) < 4.78 is 0. The molecule has 0 amide bonds. The van der Waals surface area contributed by atoms with E-state index in [4.69, 9.17) is 4.84 Å². The lowest BCUT2D eigenvalue weighted by Gasteiger charge is -2.24. The number of hydrogen-bond donors (Lipinski definition) is 0. The maximum atomic E-state index is 6.17. The summed E-state index contributed by atoms with van der Waals surface area (Å²) in [7, 11) is 0. The van der Waals surface area contributed by atoms with Crippen LogP contribution in [-0.4, -0.2) is 9.97 Å². The highest BCUT2D eigenvalue weighted by atomic mass is 32.1. The van der Waals surface area contributed by atoms with Crippen LogP contribution in [0.4, 0.5) is 5.69 Å². The van der Waals surface area contributed by atoms with E-state index in [0.717, 1.165) is 33.1 Å². The molecule has 2 aromatic heterocycles. The molecule has 2 aromatic carbocycles. The number of hydroxylamine groups is 1. The molecular formula is C23H21N3OS. The summed E-state index contributed by atoms with van der Waals surface area (Å²) in [5.41, 5.74) is 5.44. The minimum atomic E-state index is 0.496. The van der Waals surface area contributed by atoms with Crippen molar-refractivity contribution < 1.29 is 4.84 Å². The molecule has 0 N–H and O–H groups in total. The molecule has 0 unspecified atom stereocenters. The Balaban J connectivity index is 1.46. The largest absolute Gasteiger partial charge is 0.268 e. The summed E-state index contributed by atoms with van der Waals surface area (Å²) in [6.07, 6.45) is 3.61. The highest BCUT2D eigenvalue weighted by Crippen LogP contribution is 2.23. The van der Waals surface area contributed by atoms with Gasteiger partial charge in [-0.15, -0.1) is 11.3 Å². The average molecular weight is 388 g/mol. The van der Waals surface area contributed by atoms with Crippen LogP contribution in [0.15, 0.2) is 84.5 Å². The normalized spacial score (nSPS) is 10.8. The lowest BCUT2D eigenvalue weighted by Crippen LogP contribution is -2.22. The third-order valence-electron chi connectivity index (χ3n) is 4.38. The second-order valence-corrected chi connectivity index (χ2v) is 7.51. The van der Waals surface area contributed by atoms with Crippen molar-refractivity contribution in [1.29, 1.82) is 0 Å². The summed E-state index contributed by atoms with van der Waals surface area (Å²) >= 11 is 1.67. The quantitative estimate of drug-likeness (QED) is 0.384. The number of aromatic nitrogens is 2. The van der Waals surface area contributed by atoms with Gasteiger partial charge in [-0.2, -0.15) is 0 Å². The van der Waals surface area contributed by atoms with Crippen LogP contribution in [0, 0.1) is 6.92 Å². The Hall–Kier alpha value is -3.02. The molecule has 0 aliphatic heterocycles. The Morgan fingerprint density at radius 3 is 2.32 bits per heavy atom. The first-order chi connectivity index (χ1) is 13.8. The smallest absolute Gasteiger partial charge is 0.0999 e. The number of nitrogens with zero attached hydrogens (tertiary/aromatic N) is 3. The van der Waals surface area contributed by atoms with Gasteiger partial charge in [0, 0.05) is 23.3 Å². The lowest BCUT2D eigenvalue weighted by atomic mass is 10.1. The number of hydrogen-bond acceptors (Lipinski definition) is 5. The summed E-state index contributed by atoms with van der Waals surface area (Å²) in [6.45, 7) is 3.18. The standard InChI is InChI=1S/C23H21N3OS/c1-18-25-23(17-28-18)21-9-7-20(8-10-21)16-27-26(22-5-3-2-4-6-22)15-19-11-13-24-14-12-19/h2-14,17H,15-16H2,1H3. The van der Waals surface area contributed by atoms with Gasteiger partial charge in [0.1, 0.15) is 0 Å². The zero-order chi connectivity index (χ0) is 19.2. The number of aryl methyl sites for hydroxylation is 1. The minimum Gasteiger partial charge on any atom is -0.268 e. The van der Waals surface area contributed by atoms with E-state index in [2.05, 4.69) is 51.7 Å². The van der Waals surface area contributed by atoms with Gasteiger partial charge in [0.05, 0.1) is 29.5 Å². The number of anilines is 1. The molecule has 5 heteroatoms. The average Bonchev–Trinajstić information content (AvgIpc) is 3.19. The molecule has 2 heterocycles. The summed E-state index contributed by atoms with van der Waals surface area (Å²) in [4.78, 5) is 14.8. The second kappa shape index (κ2) is 8.78. The van der Waals surface area contributed by atoms with Gasteiger partial charge in [-0.05, 0) is 42.3 Å². The van der Waals surface area contributed by atoms with Crippen molar-refractivity contribution in [3.63, 3.8) is 0 Å². The summed E-state index contributed by atoms with van der Waals surface area (Å²) in [5.74, 6) is 0. The van der Waals surface area contributed by atoms with E-state index in [1.54, 1.807) is 23.7 Å². The fraction of sp³-hybridized carbons (Fsp3) is 0.130. The van der Waals surface area contributed by atoms with Gasteiger partial charge in [-0.3, -0.25) is 9.82 Å². The first-order valence-electron chi connectivity index (χ1n) is 9.14. The monoisotopic (exact) mass is 387 g/mol. The number of pyridine rings is 1. The van der Waals surface area contributed by atoms with E-state index in [9.17, 15) is 0 Å². The highest BCUT2D eigenvalue weighted by molar-refractivity contribution is 7.09. The van der Waals surface area contributed by atoms with Crippen molar-refractivity contribution >= 4 is 17.0 Å². The summed E-state index contributed by atoms with van der Waals surface area (Å²) in [5, 5.41) is 5.09. The maximum absolute atomic E-state index is 6.17. The number of benzene rings is 2. The second-order valence-electron chi connectivity index (χ2n) is 6.45. The van der Waals surface area contributed by atoms with Crippen LogP contribution >= 0.6 is 11.3 Å². The van der Waals surface area contributed by atoms with E-state index < -0.39 is 0 Å². The fourth-order valence-corrected chi connectivity index (χ4v) is 3.50. The van der Waals surface area contributed by atoms with Gasteiger partial charge in [0.15, 0.2) is 0 Å². The van der Waals surface area contributed by atoms with Crippen molar-refractivity contribution in [2.45, 2.75) is 20.1 Å². The Kier molecular flexibility index (Phi) is 5.75. The molecule has 0 saturated heterocycles. The van der Waals surface area contributed by atoms with Crippen LogP contribution in [0.5, 0.6) is 0 Å². The number of thiazole rings is 1. The maximum Gasteiger partial charge on any atom is 0.0999 e. The molecule has 0 fully saturated rings. The predicted molar refractivity (Wildman–Crippen MR) is 114 cm³/mol. The molecule has 0 aliphatic rings. The van der Waals surface area contributed by atoms with Gasteiger partial charge >= 0.3 is 0 Å². The molecule has 0 saturated carbocycles. The molecule has 4 aromatic rings. The lowest BCUT2D eigenvalue weighted by molar-refractivity contribution is 0.0909. The molecule has 28 heavy (non-hydrogen) atoms. The van der Waals surface area contributed by atoms with Crippen LogP contribution in [0.1, 0.15) is 16.1 Å². The van der Waals surface area contributed by atoms with Crippen molar-refractivity contribution in [1.82, 2.24) is 9.97 Å². The van der Waals surface area contributed by atoms with Crippen molar-refractivity contribution in [3.05, 3.63) is 101 Å². The van der Waals surface area contributed by atoms with Gasteiger partial charge in [0.2, 0.25) is 0 Å². The van der Waals surface area contributed by atoms with E-state index in [-0.39, 0.29) is 0 Å². The van der Waals surface area contributed by atoms with E-state index in [1.807, 2.05) is 42.3 Å². The Labute approximate surface area is 169 Å². The van der Waals surface area contributed by atoms with Crippen LogP contribution in [0.25, 0.3) is 11.3 Å². The molecule has 140 valence electrons. The first-order valence-corrected chi connectivity index (χ1v) is 10.0. The van der Waals surface area contributed by atoms with Crippen molar-refractivity contribution in [3.8, 4) is 11.3 Å². The zero-order valence-corrected chi connectivity index (χ0v) is 16.5. The highest BCUT2D eigenvalue weighted by Gasteiger charge is 2.09. The van der Waals surface area contributed by atoms with E-state index in [1.165, 1.54) is 0 Å². The Morgan fingerprint density at radius 1 is 0.893 bits per heavy atom. The van der Waals surface area contributed by atoms with Crippen LogP contribution in [0.2, 0.25) is 0 Å². The molecule has 0 atom stereocenters. The fourth-order valence-electron chi connectivity index (χ4n) is 2.88. The molecular weight excluding hydrogens is 366 g/mol. The van der Waals surface area contributed by atoms with Gasteiger partial charge in [-0.1, -0.05) is 42.5 Å². The van der Waals surface area contributed by atoms with Gasteiger partial charge in [-0.25, -0.2) is 10.0 Å². The zero-order valence-electron chi connectivity index (χ0n) is 15.7. The van der Waals surface area contributed by atoms with Crippen molar-refractivity contribution in [2.24, 2.45) is 0 Å². The van der Waals surface area contributed by atoms with Crippen LogP contribution in [0.3, 0.4) is 0 Å². The van der Waals surface area contributed by atoms with Crippen LogP contribution in [-0.2, 0) is 18.0 Å². The van der Waals surface area contributed by atoms with E-state index in [0.29, 0.717) is 13.2 Å². The molecule has 0 aliphatic carbocycles. The van der Waals surface area contributed by atoms with Gasteiger partial charge in [0.25, 0.3) is 0 Å². The molecule has 0 bridgehead atoms. The molecule has 4 nitrogen and oxygen atoms in total. The minimum absolute atomic E-state index is 0.496. The van der Waals surface area contributed by atoms with E-state index >= 15 is 0 Å². The van der Waals surface area contributed by atoms with Crippen molar-refractivity contribution in [2.75, 3.05) is 5.06 Å². The predicted octanol–water partition coefficient (Wildman–Crippen LogP) is 5.65. The molecule has 4 rings (SSSR count). The Morgan fingerprint density at radius 2 is 1.64 bits per heavy atom. The van der Waals surface area contributed by atoms with Crippen LogP contribution < -0.4 is 5.06 Å². The number of para-hydroxylation sites is 1. The summed E-state index contributed by atoms with van der Waals surface area (Å²) in [6, 6.07) is 22.5. The number of rotatable bonds is 7. The third kappa shape index (κ3) is 4.63. The first kappa shape index (κ1) is 18.3. The Bertz CT molecular complexity index is 1000. The third-order valence-corrected chi connectivity index (χ3v) is 5.15. The molecule has 0 radical (unpaired) electrons. The van der Waals surface area contributed by atoms with Gasteiger partial charge < -0.3 is 0 Å². The SMILES string of the molecule is Cc1nc(-c2ccc(CON(Cc3ccncc3)c3ccccc3)cc2)cs1. The topological polar surface area (TPSA) is 38.2 Å².